The zero-order valence-corrected chi connectivity index (χ0v) is 17.6. The Morgan fingerprint density at radius 2 is 1.89 bits per heavy atom. The van der Waals surface area contributed by atoms with Gasteiger partial charge in [0.25, 0.3) is 5.01 Å². The van der Waals surface area contributed by atoms with Gasteiger partial charge in [-0.15, -0.1) is 0 Å². The molecule has 28 heavy (non-hydrogen) atoms. The van der Waals surface area contributed by atoms with Gasteiger partial charge in [0, 0.05) is 35.2 Å². The highest BCUT2D eigenvalue weighted by Gasteiger charge is 2.21. The van der Waals surface area contributed by atoms with E-state index in [4.69, 9.17) is 11.6 Å². The fourth-order valence-corrected chi connectivity index (χ4v) is 5.27. The maximum Gasteiger partial charge on any atom is 0.262 e. The van der Waals surface area contributed by atoms with E-state index < -0.39 is 0 Å². The molecule has 4 rings (SSSR count). The second-order valence-electron chi connectivity index (χ2n) is 6.35. The average Bonchev–Trinajstić information content (AvgIpc) is 3.14. The van der Waals surface area contributed by atoms with E-state index in [-0.39, 0.29) is 11.5 Å². The molecule has 0 aliphatic carbocycles. The minimum Gasteiger partial charge on any atom is -0.508 e. The van der Waals surface area contributed by atoms with Gasteiger partial charge in [-0.1, -0.05) is 34.7 Å². The number of nitrogens with zero attached hydrogens (tertiary/aromatic N) is 2. The van der Waals surface area contributed by atoms with Crippen molar-refractivity contribution in [1.82, 2.24) is 0 Å². The molecule has 0 amide bonds. The molecule has 1 aliphatic rings. The number of aromatic hydroxyl groups is 2. The first-order valence-electron chi connectivity index (χ1n) is 8.54. The third kappa shape index (κ3) is 3.63. The Bertz CT molecular complexity index is 1160. The summed E-state index contributed by atoms with van der Waals surface area (Å²) in [4.78, 5) is 3.09. The van der Waals surface area contributed by atoms with Gasteiger partial charge in [0.15, 0.2) is 0 Å². The van der Waals surface area contributed by atoms with Gasteiger partial charge in [-0.2, -0.15) is 4.57 Å². The largest absolute Gasteiger partial charge is 0.508 e. The lowest BCUT2D eigenvalue weighted by molar-refractivity contribution is -0.642. The van der Waals surface area contributed by atoms with E-state index in [1.165, 1.54) is 0 Å². The predicted octanol–water partition coefficient (Wildman–Crippen LogP) is 5.36. The lowest BCUT2D eigenvalue weighted by atomic mass is 10.3. The molecule has 4 nitrogen and oxygen atoms in total. The summed E-state index contributed by atoms with van der Waals surface area (Å²) in [5.41, 5.74) is 2.13. The number of hydrogen-bond acceptors (Lipinski definition) is 5. The standard InChI is InChI=1S/C21H17ClN2O2S2/c1-23-16-7-5-14(25)11-18(16)27-20(23)9-3-13(22)4-10-21-24(2)17-8-6-15(26)12-19(17)28-21/h3-12H,1-2H3,(H-,25,26)/p+1. The first-order valence-corrected chi connectivity index (χ1v) is 10.5. The van der Waals surface area contributed by atoms with Crippen LogP contribution >= 0.6 is 34.7 Å². The molecule has 1 aliphatic heterocycles. The van der Waals surface area contributed by atoms with Crippen LogP contribution in [0.25, 0.3) is 16.3 Å². The number of hydrogen-bond donors (Lipinski definition) is 2. The number of aromatic nitrogens is 1. The maximum absolute atomic E-state index is 9.65. The van der Waals surface area contributed by atoms with Crippen LogP contribution in [-0.2, 0) is 7.05 Å². The highest BCUT2D eigenvalue weighted by Crippen LogP contribution is 2.46. The molecule has 0 spiro atoms. The quantitative estimate of drug-likeness (QED) is 0.435. The van der Waals surface area contributed by atoms with Crippen LogP contribution in [0.15, 0.2) is 69.6 Å². The van der Waals surface area contributed by atoms with E-state index in [1.807, 2.05) is 50.5 Å². The third-order valence-electron chi connectivity index (χ3n) is 4.47. The normalized spacial score (nSPS) is 15.9. The van der Waals surface area contributed by atoms with Crippen molar-refractivity contribution in [2.75, 3.05) is 11.9 Å². The smallest absolute Gasteiger partial charge is 0.262 e. The van der Waals surface area contributed by atoms with Gasteiger partial charge >= 0.3 is 0 Å². The fourth-order valence-electron chi connectivity index (χ4n) is 2.97. The molecular weight excluding hydrogens is 412 g/mol. The minimum absolute atomic E-state index is 0.266. The SMILES string of the molecule is CN1/C(=C/C=C(Cl)/C=C/c2sc3cc(O)ccc3[n+]2C)Sc2cc(O)ccc21. The van der Waals surface area contributed by atoms with Crippen LogP contribution < -0.4 is 9.47 Å². The summed E-state index contributed by atoms with van der Waals surface area (Å²) in [6.45, 7) is 0. The van der Waals surface area contributed by atoms with E-state index >= 15 is 0 Å². The predicted molar refractivity (Wildman–Crippen MR) is 118 cm³/mol. The van der Waals surface area contributed by atoms with E-state index in [0.29, 0.717) is 5.03 Å². The van der Waals surface area contributed by atoms with Gasteiger partial charge in [0.2, 0.25) is 5.52 Å². The highest BCUT2D eigenvalue weighted by molar-refractivity contribution is 8.03. The van der Waals surface area contributed by atoms with Crippen LogP contribution in [0.3, 0.4) is 0 Å². The van der Waals surface area contributed by atoms with Crippen LogP contribution in [0.1, 0.15) is 5.01 Å². The number of phenolic OH excluding ortho intramolecular Hbond substituents is 2. The molecule has 0 atom stereocenters. The van der Waals surface area contributed by atoms with Crippen molar-refractivity contribution >= 4 is 56.7 Å². The molecule has 3 aromatic rings. The number of anilines is 1. The number of aryl methyl sites for hydroxylation is 1. The van der Waals surface area contributed by atoms with Crippen molar-refractivity contribution < 1.29 is 14.8 Å². The zero-order chi connectivity index (χ0) is 19.8. The highest BCUT2D eigenvalue weighted by atomic mass is 35.5. The van der Waals surface area contributed by atoms with Gasteiger partial charge in [-0.25, -0.2) is 0 Å². The number of thiazole rings is 1. The number of phenols is 2. The average molecular weight is 430 g/mol. The molecule has 2 aromatic carbocycles. The summed E-state index contributed by atoms with van der Waals surface area (Å²) in [6, 6.07) is 10.7. The lowest BCUT2D eigenvalue weighted by Gasteiger charge is -2.12. The first-order chi connectivity index (χ1) is 13.4. The number of fused-ring (bicyclic) bond motifs is 2. The zero-order valence-electron chi connectivity index (χ0n) is 15.3. The van der Waals surface area contributed by atoms with Crippen LogP contribution in [0.5, 0.6) is 11.5 Å². The Morgan fingerprint density at radius 3 is 2.71 bits per heavy atom. The number of allylic oxidation sites excluding steroid dienone is 4. The molecule has 0 saturated heterocycles. The van der Waals surface area contributed by atoms with Crippen molar-refractivity contribution in [2.24, 2.45) is 7.05 Å². The Morgan fingerprint density at radius 1 is 1.14 bits per heavy atom. The van der Waals surface area contributed by atoms with Crippen LogP contribution in [0, 0.1) is 0 Å². The van der Waals surface area contributed by atoms with Gasteiger partial charge in [-0.3, -0.25) is 0 Å². The summed E-state index contributed by atoms with van der Waals surface area (Å²) in [5.74, 6) is 0.531. The minimum atomic E-state index is 0.266. The molecule has 142 valence electrons. The van der Waals surface area contributed by atoms with Crippen molar-refractivity contribution in [1.29, 1.82) is 0 Å². The summed E-state index contributed by atoms with van der Waals surface area (Å²) in [5, 5.41) is 22.0. The van der Waals surface area contributed by atoms with Crippen LogP contribution in [0.4, 0.5) is 5.69 Å². The Kier molecular flexibility index (Phi) is 5.10. The van der Waals surface area contributed by atoms with Crippen molar-refractivity contribution in [2.45, 2.75) is 4.90 Å². The summed E-state index contributed by atoms with van der Waals surface area (Å²) >= 11 is 9.58. The third-order valence-corrected chi connectivity index (χ3v) is 7.05. The molecule has 0 fully saturated rings. The molecule has 0 bridgehead atoms. The fraction of sp³-hybridized carbons (Fsp3) is 0.0952. The Balaban J connectivity index is 1.54. The molecule has 0 radical (unpaired) electrons. The van der Waals surface area contributed by atoms with Gasteiger partial charge in [0.1, 0.15) is 23.2 Å². The van der Waals surface area contributed by atoms with Crippen LogP contribution in [0.2, 0.25) is 0 Å². The van der Waals surface area contributed by atoms with E-state index in [0.717, 1.165) is 30.8 Å². The Labute approximate surface area is 176 Å². The van der Waals surface area contributed by atoms with Crippen molar-refractivity contribution in [3.8, 4) is 11.5 Å². The number of rotatable bonds is 3. The second kappa shape index (κ2) is 7.54. The van der Waals surface area contributed by atoms with Crippen LogP contribution in [-0.4, -0.2) is 17.3 Å². The second-order valence-corrected chi connectivity index (χ2v) is 8.92. The summed E-state index contributed by atoms with van der Waals surface area (Å²) in [6.07, 6.45) is 7.66. The molecule has 1 aromatic heterocycles. The molecular formula is C21H18ClN2O2S2+. The van der Waals surface area contributed by atoms with Gasteiger partial charge in [-0.05, 0) is 42.5 Å². The van der Waals surface area contributed by atoms with E-state index in [1.54, 1.807) is 47.4 Å². The van der Waals surface area contributed by atoms with Crippen molar-refractivity contribution in [3.63, 3.8) is 0 Å². The molecule has 0 unspecified atom stereocenters. The monoisotopic (exact) mass is 429 g/mol. The number of halogens is 1. The lowest BCUT2D eigenvalue weighted by Crippen LogP contribution is -2.28. The summed E-state index contributed by atoms with van der Waals surface area (Å²) in [7, 11) is 3.98. The molecule has 7 heteroatoms. The Hall–Kier alpha value is -2.41. The molecule has 0 saturated carbocycles. The summed E-state index contributed by atoms with van der Waals surface area (Å²) < 4.78 is 3.09. The molecule has 2 heterocycles. The topological polar surface area (TPSA) is 47.6 Å². The number of benzene rings is 2. The number of thioether (sulfide) groups is 1. The van der Waals surface area contributed by atoms with Gasteiger partial charge < -0.3 is 15.1 Å². The van der Waals surface area contributed by atoms with Gasteiger partial charge in [0.05, 0.1) is 10.7 Å². The first kappa shape index (κ1) is 18.9. The van der Waals surface area contributed by atoms with E-state index in [2.05, 4.69) is 9.47 Å². The maximum atomic E-state index is 9.65. The molecule has 2 N–H and O–H groups in total. The van der Waals surface area contributed by atoms with Crippen molar-refractivity contribution in [3.05, 3.63) is 69.7 Å². The van der Waals surface area contributed by atoms with E-state index in [9.17, 15) is 10.2 Å².